The number of benzene rings is 1. The summed E-state index contributed by atoms with van der Waals surface area (Å²) in [5.74, 6) is 0. The van der Waals surface area contributed by atoms with Gasteiger partial charge in [-0.25, -0.2) is 4.98 Å². The molecular weight excluding hydrogens is 341 g/mol. The van der Waals surface area contributed by atoms with Gasteiger partial charge in [0.25, 0.3) is 5.56 Å². The largest absolute Gasteiger partial charge is 0.294 e. The SMILES string of the molecule is Cc1ncn(Cc2ccccc2C#N)c(=O)c1I. The molecule has 0 aliphatic rings. The van der Waals surface area contributed by atoms with E-state index >= 15 is 0 Å². The molecule has 0 atom stereocenters. The number of hydrogen-bond acceptors (Lipinski definition) is 3. The number of rotatable bonds is 2. The molecule has 4 nitrogen and oxygen atoms in total. The van der Waals surface area contributed by atoms with Gasteiger partial charge in [0.1, 0.15) is 0 Å². The van der Waals surface area contributed by atoms with Crippen LogP contribution < -0.4 is 5.56 Å². The molecule has 2 aromatic rings. The number of nitriles is 1. The van der Waals surface area contributed by atoms with E-state index in [1.807, 2.05) is 40.8 Å². The molecule has 0 bridgehead atoms. The minimum atomic E-state index is -0.0733. The molecule has 90 valence electrons. The van der Waals surface area contributed by atoms with E-state index in [1.165, 1.54) is 10.9 Å². The van der Waals surface area contributed by atoms with Crippen LogP contribution in [0.3, 0.4) is 0 Å². The van der Waals surface area contributed by atoms with Crippen molar-refractivity contribution in [3.05, 3.63) is 61.3 Å². The summed E-state index contributed by atoms with van der Waals surface area (Å²) < 4.78 is 2.13. The van der Waals surface area contributed by atoms with Crippen molar-refractivity contribution in [2.45, 2.75) is 13.5 Å². The lowest BCUT2D eigenvalue weighted by Crippen LogP contribution is -2.24. The fraction of sp³-hybridized carbons (Fsp3) is 0.154. The highest BCUT2D eigenvalue weighted by molar-refractivity contribution is 14.1. The Balaban J connectivity index is 2.45. The predicted molar refractivity (Wildman–Crippen MR) is 76.2 cm³/mol. The Morgan fingerprint density at radius 1 is 1.44 bits per heavy atom. The van der Waals surface area contributed by atoms with Gasteiger partial charge >= 0.3 is 0 Å². The summed E-state index contributed by atoms with van der Waals surface area (Å²) in [5.41, 5.74) is 2.06. The third-order valence-electron chi connectivity index (χ3n) is 2.64. The van der Waals surface area contributed by atoms with E-state index in [4.69, 9.17) is 5.26 Å². The van der Waals surface area contributed by atoms with Crippen LogP contribution in [0.15, 0.2) is 35.4 Å². The molecule has 0 saturated carbocycles. The fourth-order valence-corrected chi connectivity index (χ4v) is 2.06. The first kappa shape index (κ1) is 12.8. The Labute approximate surface area is 118 Å². The lowest BCUT2D eigenvalue weighted by molar-refractivity contribution is 0.722. The topological polar surface area (TPSA) is 58.7 Å². The zero-order valence-corrected chi connectivity index (χ0v) is 11.9. The second-order valence-electron chi connectivity index (χ2n) is 3.85. The molecule has 0 unspecified atom stereocenters. The molecule has 1 aromatic carbocycles. The van der Waals surface area contributed by atoms with Gasteiger partial charge in [0.05, 0.1) is 33.8 Å². The summed E-state index contributed by atoms with van der Waals surface area (Å²) in [6, 6.07) is 9.37. The van der Waals surface area contributed by atoms with E-state index in [2.05, 4.69) is 11.1 Å². The van der Waals surface area contributed by atoms with Crippen molar-refractivity contribution in [3.63, 3.8) is 0 Å². The molecule has 18 heavy (non-hydrogen) atoms. The quantitative estimate of drug-likeness (QED) is 0.779. The number of aromatic nitrogens is 2. The Morgan fingerprint density at radius 3 is 2.89 bits per heavy atom. The van der Waals surface area contributed by atoms with Gasteiger partial charge in [-0.15, -0.1) is 0 Å². The number of aryl methyl sites for hydroxylation is 1. The van der Waals surface area contributed by atoms with E-state index in [0.29, 0.717) is 15.7 Å². The van der Waals surface area contributed by atoms with Crippen LogP contribution in [-0.2, 0) is 6.54 Å². The molecule has 2 rings (SSSR count). The third kappa shape index (κ3) is 2.43. The zero-order valence-electron chi connectivity index (χ0n) is 9.72. The number of nitrogens with zero attached hydrogens (tertiary/aromatic N) is 3. The Morgan fingerprint density at radius 2 is 2.17 bits per heavy atom. The molecule has 0 spiro atoms. The van der Waals surface area contributed by atoms with E-state index in [1.54, 1.807) is 13.0 Å². The molecule has 0 saturated heterocycles. The summed E-state index contributed by atoms with van der Waals surface area (Å²) >= 11 is 1.99. The molecule has 0 radical (unpaired) electrons. The fourth-order valence-electron chi connectivity index (χ4n) is 1.61. The second-order valence-corrected chi connectivity index (χ2v) is 4.92. The van der Waals surface area contributed by atoms with Crippen molar-refractivity contribution in [1.82, 2.24) is 9.55 Å². The summed E-state index contributed by atoms with van der Waals surface area (Å²) in [4.78, 5) is 16.2. The van der Waals surface area contributed by atoms with Crippen molar-refractivity contribution in [2.75, 3.05) is 0 Å². The van der Waals surface area contributed by atoms with Crippen molar-refractivity contribution in [1.29, 1.82) is 5.26 Å². The lowest BCUT2D eigenvalue weighted by Gasteiger charge is -2.08. The van der Waals surface area contributed by atoms with Crippen LogP contribution in [0.2, 0.25) is 0 Å². The average molecular weight is 351 g/mol. The van der Waals surface area contributed by atoms with Crippen molar-refractivity contribution in [3.8, 4) is 6.07 Å². The number of halogens is 1. The molecule has 5 heteroatoms. The van der Waals surface area contributed by atoms with E-state index < -0.39 is 0 Å². The second kappa shape index (κ2) is 5.31. The smallest absolute Gasteiger partial charge is 0.267 e. The van der Waals surface area contributed by atoms with E-state index in [0.717, 1.165) is 11.3 Å². The van der Waals surface area contributed by atoms with Crippen LogP contribution in [0, 0.1) is 21.8 Å². The highest BCUT2D eigenvalue weighted by Crippen LogP contribution is 2.09. The maximum Gasteiger partial charge on any atom is 0.267 e. The van der Waals surface area contributed by atoms with E-state index in [9.17, 15) is 4.79 Å². The highest BCUT2D eigenvalue weighted by Gasteiger charge is 2.07. The molecule has 0 amide bonds. The van der Waals surface area contributed by atoms with Gasteiger partial charge in [-0.2, -0.15) is 5.26 Å². The predicted octanol–water partition coefficient (Wildman–Crippen LogP) is 2.08. The molecule has 1 aromatic heterocycles. The first-order chi connectivity index (χ1) is 8.63. The summed E-state index contributed by atoms with van der Waals surface area (Å²) in [6.45, 7) is 2.17. The Kier molecular flexibility index (Phi) is 3.77. The molecule has 1 heterocycles. The Hall–Kier alpha value is -1.68. The maximum atomic E-state index is 12.0. The van der Waals surface area contributed by atoms with Crippen LogP contribution >= 0.6 is 22.6 Å². The minimum absolute atomic E-state index is 0.0733. The maximum absolute atomic E-state index is 12.0. The van der Waals surface area contributed by atoms with E-state index in [-0.39, 0.29) is 5.56 Å². The van der Waals surface area contributed by atoms with Crippen LogP contribution in [0.4, 0.5) is 0 Å². The third-order valence-corrected chi connectivity index (χ3v) is 3.88. The number of hydrogen-bond donors (Lipinski definition) is 0. The van der Waals surface area contributed by atoms with Gasteiger partial charge in [0, 0.05) is 0 Å². The van der Waals surface area contributed by atoms with Gasteiger partial charge in [-0.3, -0.25) is 9.36 Å². The van der Waals surface area contributed by atoms with Crippen LogP contribution in [0.1, 0.15) is 16.8 Å². The molecular formula is C13H10IN3O. The first-order valence-electron chi connectivity index (χ1n) is 5.33. The first-order valence-corrected chi connectivity index (χ1v) is 6.41. The minimum Gasteiger partial charge on any atom is -0.294 e. The summed E-state index contributed by atoms with van der Waals surface area (Å²) in [5, 5.41) is 9.01. The zero-order chi connectivity index (χ0) is 13.1. The molecule has 0 fully saturated rings. The average Bonchev–Trinajstić information content (AvgIpc) is 2.40. The van der Waals surface area contributed by atoms with Crippen LogP contribution in [0.5, 0.6) is 0 Å². The monoisotopic (exact) mass is 351 g/mol. The van der Waals surface area contributed by atoms with Gasteiger partial charge in [-0.05, 0) is 41.1 Å². The van der Waals surface area contributed by atoms with Crippen molar-refractivity contribution in [2.24, 2.45) is 0 Å². The van der Waals surface area contributed by atoms with Crippen LogP contribution in [-0.4, -0.2) is 9.55 Å². The van der Waals surface area contributed by atoms with Gasteiger partial charge < -0.3 is 0 Å². The highest BCUT2D eigenvalue weighted by atomic mass is 127. The molecule has 0 aliphatic carbocycles. The summed E-state index contributed by atoms with van der Waals surface area (Å²) in [6.07, 6.45) is 1.52. The molecule has 0 aliphatic heterocycles. The Bertz CT molecular complexity index is 685. The normalized spacial score (nSPS) is 10.1. The van der Waals surface area contributed by atoms with Crippen LogP contribution in [0.25, 0.3) is 0 Å². The van der Waals surface area contributed by atoms with Gasteiger partial charge in [0.2, 0.25) is 0 Å². The lowest BCUT2D eigenvalue weighted by atomic mass is 10.1. The van der Waals surface area contributed by atoms with Gasteiger partial charge in [0.15, 0.2) is 0 Å². The van der Waals surface area contributed by atoms with Crippen molar-refractivity contribution < 1.29 is 0 Å². The molecule has 0 N–H and O–H groups in total. The standard InChI is InChI=1S/C13H10IN3O/c1-9-12(14)13(18)17(8-16-9)7-11-5-3-2-4-10(11)6-15/h2-5,8H,7H2,1H3. The summed E-state index contributed by atoms with van der Waals surface area (Å²) in [7, 11) is 0. The van der Waals surface area contributed by atoms with Crippen molar-refractivity contribution >= 4 is 22.6 Å². The van der Waals surface area contributed by atoms with Gasteiger partial charge in [-0.1, -0.05) is 18.2 Å².